The predicted octanol–water partition coefficient (Wildman–Crippen LogP) is 2.77. The molecule has 1 heterocycles. The van der Waals surface area contributed by atoms with E-state index in [0.717, 1.165) is 19.3 Å². The molecule has 0 bridgehead atoms. The van der Waals surface area contributed by atoms with Crippen LogP contribution in [0.25, 0.3) is 0 Å². The molecule has 1 amide bonds. The van der Waals surface area contributed by atoms with Crippen LogP contribution in [0.4, 0.5) is 11.5 Å². The van der Waals surface area contributed by atoms with Crippen LogP contribution in [0, 0.1) is 16.0 Å². The van der Waals surface area contributed by atoms with Crippen molar-refractivity contribution in [2.45, 2.75) is 25.7 Å². The van der Waals surface area contributed by atoms with E-state index in [4.69, 9.17) is 11.6 Å². The molecule has 1 aromatic rings. The standard InChI is InChI=1S/C11H12ClN3O3/c12-9-5-4-8(15(17)18)11(13-9)14-10(16)6-7-2-1-3-7/h4-5,7H,1-3,6H2,(H,13,14,16). The Hall–Kier alpha value is -1.69. The van der Waals surface area contributed by atoms with Crippen LogP contribution < -0.4 is 5.32 Å². The second-order valence-electron chi connectivity index (χ2n) is 4.31. The molecule has 0 atom stereocenters. The van der Waals surface area contributed by atoms with Gasteiger partial charge in [-0.2, -0.15) is 0 Å². The fraction of sp³-hybridized carbons (Fsp3) is 0.455. The molecule has 1 saturated carbocycles. The Morgan fingerprint density at radius 2 is 2.28 bits per heavy atom. The normalized spacial score (nSPS) is 14.9. The fourth-order valence-electron chi connectivity index (χ4n) is 1.81. The maximum atomic E-state index is 11.7. The average Bonchev–Trinajstić information content (AvgIpc) is 2.23. The van der Waals surface area contributed by atoms with Crippen LogP contribution in [0.2, 0.25) is 5.15 Å². The van der Waals surface area contributed by atoms with Crippen LogP contribution in [-0.4, -0.2) is 15.8 Å². The van der Waals surface area contributed by atoms with Gasteiger partial charge in [0.1, 0.15) is 5.15 Å². The minimum absolute atomic E-state index is 0.0863. The quantitative estimate of drug-likeness (QED) is 0.517. The van der Waals surface area contributed by atoms with E-state index in [1.807, 2.05) is 0 Å². The third-order valence-electron chi connectivity index (χ3n) is 2.99. The lowest BCUT2D eigenvalue weighted by atomic mass is 9.83. The summed E-state index contributed by atoms with van der Waals surface area (Å²) < 4.78 is 0. The minimum atomic E-state index is -0.595. The molecule has 0 spiro atoms. The zero-order valence-corrected chi connectivity index (χ0v) is 10.3. The van der Waals surface area contributed by atoms with Gasteiger partial charge in [-0.25, -0.2) is 4.98 Å². The SMILES string of the molecule is O=C(CC1CCC1)Nc1nc(Cl)ccc1[N+](=O)[O-]. The molecule has 2 rings (SSSR count). The van der Waals surface area contributed by atoms with Gasteiger partial charge in [-0.3, -0.25) is 14.9 Å². The van der Waals surface area contributed by atoms with Crippen LogP contribution in [0.15, 0.2) is 12.1 Å². The number of carbonyl (C=O) groups is 1. The first-order valence-corrected chi connectivity index (χ1v) is 6.05. The summed E-state index contributed by atoms with van der Waals surface area (Å²) in [6, 6.07) is 2.55. The van der Waals surface area contributed by atoms with Crippen LogP contribution in [0.1, 0.15) is 25.7 Å². The second kappa shape index (κ2) is 5.30. The zero-order valence-electron chi connectivity index (χ0n) is 9.56. The van der Waals surface area contributed by atoms with Crippen molar-refractivity contribution in [1.29, 1.82) is 0 Å². The maximum Gasteiger partial charge on any atom is 0.311 e. The van der Waals surface area contributed by atoms with Crippen molar-refractivity contribution in [2.75, 3.05) is 5.32 Å². The Kier molecular flexibility index (Phi) is 3.76. The Labute approximate surface area is 109 Å². The topological polar surface area (TPSA) is 85.1 Å². The summed E-state index contributed by atoms with van der Waals surface area (Å²) in [5.41, 5.74) is -0.249. The lowest BCUT2D eigenvalue weighted by Crippen LogP contribution is -2.21. The number of nitrogens with one attached hydrogen (secondary N) is 1. The van der Waals surface area contributed by atoms with Gasteiger partial charge in [0, 0.05) is 12.5 Å². The summed E-state index contributed by atoms with van der Waals surface area (Å²) in [6.45, 7) is 0. The Morgan fingerprint density at radius 1 is 1.56 bits per heavy atom. The molecule has 0 aromatic carbocycles. The number of aromatic nitrogens is 1. The first-order valence-electron chi connectivity index (χ1n) is 5.67. The van der Waals surface area contributed by atoms with Crippen molar-refractivity contribution in [1.82, 2.24) is 4.98 Å². The third-order valence-corrected chi connectivity index (χ3v) is 3.20. The van der Waals surface area contributed by atoms with Gasteiger partial charge in [0.05, 0.1) is 4.92 Å². The highest BCUT2D eigenvalue weighted by molar-refractivity contribution is 6.29. The van der Waals surface area contributed by atoms with Gasteiger partial charge in [-0.15, -0.1) is 0 Å². The smallest absolute Gasteiger partial charge is 0.305 e. The van der Waals surface area contributed by atoms with Crippen LogP contribution >= 0.6 is 11.6 Å². The Morgan fingerprint density at radius 3 is 2.83 bits per heavy atom. The summed E-state index contributed by atoms with van der Waals surface area (Å²) >= 11 is 5.66. The molecule has 1 fully saturated rings. The number of nitrogens with zero attached hydrogens (tertiary/aromatic N) is 2. The second-order valence-corrected chi connectivity index (χ2v) is 4.70. The molecule has 7 heteroatoms. The first kappa shape index (κ1) is 12.8. The number of halogens is 1. The van der Waals surface area contributed by atoms with E-state index in [1.54, 1.807) is 0 Å². The van der Waals surface area contributed by atoms with E-state index in [-0.39, 0.29) is 22.6 Å². The molecule has 1 aliphatic rings. The highest BCUT2D eigenvalue weighted by atomic mass is 35.5. The van der Waals surface area contributed by atoms with Crippen molar-refractivity contribution < 1.29 is 9.72 Å². The molecule has 1 aromatic heterocycles. The summed E-state index contributed by atoms with van der Waals surface area (Å²) in [5, 5.41) is 13.3. The zero-order chi connectivity index (χ0) is 13.1. The molecular formula is C11H12ClN3O3. The fourth-order valence-corrected chi connectivity index (χ4v) is 1.96. The van der Waals surface area contributed by atoms with E-state index < -0.39 is 4.92 Å². The van der Waals surface area contributed by atoms with E-state index in [2.05, 4.69) is 10.3 Å². The van der Waals surface area contributed by atoms with Gasteiger partial charge in [0.25, 0.3) is 0 Å². The number of hydrogen-bond donors (Lipinski definition) is 1. The minimum Gasteiger partial charge on any atom is -0.305 e. The van der Waals surface area contributed by atoms with Crippen molar-refractivity contribution in [2.24, 2.45) is 5.92 Å². The number of hydrogen-bond acceptors (Lipinski definition) is 4. The molecule has 18 heavy (non-hydrogen) atoms. The van der Waals surface area contributed by atoms with E-state index in [1.165, 1.54) is 12.1 Å². The molecule has 96 valence electrons. The summed E-state index contributed by atoms with van der Waals surface area (Å²) in [6.07, 6.45) is 3.61. The molecular weight excluding hydrogens is 258 g/mol. The van der Waals surface area contributed by atoms with Gasteiger partial charge < -0.3 is 5.32 Å². The number of nitro groups is 1. The van der Waals surface area contributed by atoms with Crippen molar-refractivity contribution in [3.05, 3.63) is 27.4 Å². The molecule has 0 aliphatic heterocycles. The highest BCUT2D eigenvalue weighted by Crippen LogP contribution is 2.30. The van der Waals surface area contributed by atoms with Crippen molar-refractivity contribution >= 4 is 29.0 Å². The lowest BCUT2D eigenvalue weighted by molar-refractivity contribution is -0.384. The van der Waals surface area contributed by atoms with Crippen molar-refractivity contribution in [3.63, 3.8) is 0 Å². The Bertz CT molecular complexity index is 488. The van der Waals surface area contributed by atoms with E-state index >= 15 is 0 Å². The monoisotopic (exact) mass is 269 g/mol. The third kappa shape index (κ3) is 2.95. The molecule has 1 N–H and O–H groups in total. The van der Waals surface area contributed by atoms with Crippen LogP contribution in [-0.2, 0) is 4.79 Å². The maximum absolute atomic E-state index is 11.7. The number of anilines is 1. The molecule has 0 radical (unpaired) electrons. The van der Waals surface area contributed by atoms with Gasteiger partial charge in [0.2, 0.25) is 11.7 Å². The summed E-state index contributed by atoms with van der Waals surface area (Å²) in [7, 11) is 0. The van der Waals surface area contributed by atoms with Crippen LogP contribution in [0.3, 0.4) is 0 Å². The predicted molar refractivity (Wildman–Crippen MR) is 66.5 cm³/mol. The number of rotatable bonds is 4. The number of amides is 1. The van der Waals surface area contributed by atoms with Crippen LogP contribution in [0.5, 0.6) is 0 Å². The largest absolute Gasteiger partial charge is 0.311 e. The van der Waals surface area contributed by atoms with E-state index in [9.17, 15) is 14.9 Å². The molecule has 1 aliphatic carbocycles. The van der Waals surface area contributed by atoms with Gasteiger partial charge in [-0.05, 0) is 24.8 Å². The van der Waals surface area contributed by atoms with Gasteiger partial charge in [0.15, 0.2) is 0 Å². The molecule has 0 saturated heterocycles. The van der Waals surface area contributed by atoms with E-state index in [0.29, 0.717) is 12.3 Å². The Balaban J connectivity index is 2.08. The number of carbonyl (C=O) groups excluding carboxylic acids is 1. The van der Waals surface area contributed by atoms with Crippen molar-refractivity contribution in [3.8, 4) is 0 Å². The van der Waals surface area contributed by atoms with Gasteiger partial charge >= 0.3 is 5.69 Å². The average molecular weight is 270 g/mol. The summed E-state index contributed by atoms with van der Waals surface area (Å²) in [5.74, 6) is 0.0534. The molecule has 6 nitrogen and oxygen atoms in total. The summed E-state index contributed by atoms with van der Waals surface area (Å²) in [4.78, 5) is 25.6. The lowest BCUT2D eigenvalue weighted by Gasteiger charge is -2.24. The molecule has 0 unspecified atom stereocenters. The first-order chi connectivity index (χ1) is 8.56. The highest BCUT2D eigenvalue weighted by Gasteiger charge is 2.23. The van der Waals surface area contributed by atoms with Gasteiger partial charge in [-0.1, -0.05) is 18.0 Å². The number of pyridine rings is 1.